The Hall–Kier alpha value is -2.77. The molecule has 0 radical (unpaired) electrons. The number of alkyl halides is 3. The van der Waals surface area contributed by atoms with E-state index in [9.17, 15) is 13.2 Å². The fraction of sp³-hybridized carbons (Fsp3) is 0.0769. The van der Waals surface area contributed by atoms with Gasteiger partial charge in [0.1, 0.15) is 23.0 Å². The number of pyridine rings is 1. The van der Waals surface area contributed by atoms with Crippen molar-refractivity contribution in [2.75, 3.05) is 0 Å². The van der Waals surface area contributed by atoms with Gasteiger partial charge in [0, 0.05) is 6.20 Å². The average molecular weight is 297 g/mol. The van der Waals surface area contributed by atoms with E-state index in [2.05, 4.69) is 9.72 Å². The number of nitrogen functional groups attached to an aromatic ring is 1. The Bertz CT molecular complexity index is 642. The molecule has 0 saturated heterocycles. The van der Waals surface area contributed by atoms with Crippen LogP contribution in [0.5, 0.6) is 17.2 Å². The van der Waals surface area contributed by atoms with Crippen molar-refractivity contribution >= 4 is 5.84 Å². The molecule has 0 amide bonds. The van der Waals surface area contributed by atoms with Gasteiger partial charge in [-0.2, -0.15) is 0 Å². The maximum atomic E-state index is 12.0. The van der Waals surface area contributed by atoms with Crippen LogP contribution < -0.4 is 15.2 Å². The van der Waals surface area contributed by atoms with Crippen molar-refractivity contribution in [2.45, 2.75) is 6.36 Å². The molecule has 0 saturated carbocycles. The summed E-state index contributed by atoms with van der Waals surface area (Å²) in [7, 11) is 0. The molecule has 110 valence electrons. The van der Waals surface area contributed by atoms with Crippen LogP contribution >= 0.6 is 0 Å². The molecule has 21 heavy (non-hydrogen) atoms. The summed E-state index contributed by atoms with van der Waals surface area (Å²) < 4.78 is 45.3. The zero-order valence-electron chi connectivity index (χ0n) is 10.5. The topological polar surface area (TPSA) is 81.2 Å². The number of rotatable bonds is 4. The first-order valence-corrected chi connectivity index (χ1v) is 5.68. The maximum absolute atomic E-state index is 12.0. The molecule has 5 nitrogen and oxygen atoms in total. The Morgan fingerprint density at radius 2 is 1.71 bits per heavy atom. The SMILES string of the molecule is N=C(N)c1ncccc1Oc1ccc(OC(F)(F)F)cc1. The molecule has 0 aliphatic heterocycles. The highest BCUT2D eigenvalue weighted by molar-refractivity contribution is 5.95. The Balaban J connectivity index is 2.16. The van der Waals surface area contributed by atoms with Crippen LogP contribution in [0.1, 0.15) is 5.69 Å². The molecule has 8 heteroatoms. The standard InChI is InChI=1S/C13H10F3N3O2/c14-13(15,16)21-9-5-3-8(4-6-9)20-10-2-1-7-19-11(10)12(17)18/h1-7H,(H3,17,18). The third kappa shape index (κ3) is 4.10. The number of nitrogens with two attached hydrogens (primary N) is 1. The van der Waals surface area contributed by atoms with E-state index in [1.807, 2.05) is 0 Å². The summed E-state index contributed by atoms with van der Waals surface area (Å²) in [5.74, 6) is -0.134. The van der Waals surface area contributed by atoms with E-state index in [1.165, 1.54) is 18.3 Å². The van der Waals surface area contributed by atoms with Crippen LogP contribution in [0.4, 0.5) is 13.2 Å². The summed E-state index contributed by atoms with van der Waals surface area (Å²) in [5, 5.41) is 7.36. The first-order valence-electron chi connectivity index (χ1n) is 5.68. The van der Waals surface area contributed by atoms with Crippen LogP contribution in [0.25, 0.3) is 0 Å². The fourth-order valence-electron chi connectivity index (χ4n) is 1.51. The zero-order chi connectivity index (χ0) is 15.5. The van der Waals surface area contributed by atoms with Crippen molar-refractivity contribution in [1.29, 1.82) is 5.41 Å². The molecule has 1 aromatic heterocycles. The molecule has 0 bridgehead atoms. The predicted molar refractivity (Wildman–Crippen MR) is 68.5 cm³/mol. The lowest BCUT2D eigenvalue weighted by atomic mass is 10.3. The van der Waals surface area contributed by atoms with Crippen LogP contribution in [0.3, 0.4) is 0 Å². The second-order valence-corrected chi connectivity index (χ2v) is 3.89. The van der Waals surface area contributed by atoms with Crippen molar-refractivity contribution in [3.05, 3.63) is 48.3 Å². The number of halogens is 3. The van der Waals surface area contributed by atoms with Gasteiger partial charge in [0.25, 0.3) is 0 Å². The lowest BCUT2D eigenvalue weighted by Gasteiger charge is -2.11. The molecule has 0 aliphatic carbocycles. The minimum Gasteiger partial charge on any atom is -0.455 e. The van der Waals surface area contributed by atoms with Crippen molar-refractivity contribution in [3.8, 4) is 17.2 Å². The molecule has 0 spiro atoms. The minimum atomic E-state index is -4.74. The van der Waals surface area contributed by atoms with Gasteiger partial charge >= 0.3 is 6.36 Å². The van der Waals surface area contributed by atoms with Gasteiger partial charge in [-0.05, 0) is 36.4 Å². The molecule has 2 rings (SSSR count). The van der Waals surface area contributed by atoms with Gasteiger partial charge in [-0.15, -0.1) is 13.2 Å². The predicted octanol–water partition coefficient (Wildman–Crippen LogP) is 3.06. The van der Waals surface area contributed by atoms with Gasteiger partial charge in [0.05, 0.1) is 0 Å². The molecule has 2 aromatic rings. The van der Waals surface area contributed by atoms with Crippen molar-refractivity contribution in [2.24, 2.45) is 5.73 Å². The zero-order valence-corrected chi connectivity index (χ0v) is 10.5. The molecule has 0 fully saturated rings. The van der Waals surface area contributed by atoms with Crippen LogP contribution in [0.15, 0.2) is 42.6 Å². The molecule has 3 N–H and O–H groups in total. The Kier molecular flexibility index (Phi) is 3.97. The van der Waals surface area contributed by atoms with E-state index in [0.717, 1.165) is 12.1 Å². The maximum Gasteiger partial charge on any atom is 0.573 e. The Morgan fingerprint density at radius 3 is 2.29 bits per heavy atom. The number of hydrogen-bond acceptors (Lipinski definition) is 4. The number of hydrogen-bond donors (Lipinski definition) is 2. The largest absolute Gasteiger partial charge is 0.573 e. The highest BCUT2D eigenvalue weighted by Gasteiger charge is 2.30. The first-order chi connectivity index (χ1) is 9.85. The second kappa shape index (κ2) is 5.70. The number of benzene rings is 1. The summed E-state index contributed by atoms with van der Waals surface area (Å²) in [5.41, 5.74) is 5.50. The number of ether oxygens (including phenoxy) is 2. The van der Waals surface area contributed by atoms with Crippen molar-refractivity contribution in [3.63, 3.8) is 0 Å². The third-order valence-corrected chi connectivity index (χ3v) is 2.31. The fourth-order valence-corrected chi connectivity index (χ4v) is 1.51. The van der Waals surface area contributed by atoms with Crippen LogP contribution in [-0.4, -0.2) is 17.2 Å². The van der Waals surface area contributed by atoms with E-state index < -0.39 is 6.36 Å². The normalized spacial score (nSPS) is 11.0. The minimum absolute atomic E-state index is 0.146. The summed E-state index contributed by atoms with van der Waals surface area (Å²) in [6.07, 6.45) is -3.29. The summed E-state index contributed by atoms with van der Waals surface area (Å²) >= 11 is 0. The highest BCUT2D eigenvalue weighted by Crippen LogP contribution is 2.28. The monoisotopic (exact) mass is 297 g/mol. The van der Waals surface area contributed by atoms with E-state index in [1.54, 1.807) is 12.1 Å². The third-order valence-electron chi connectivity index (χ3n) is 2.31. The molecule has 1 heterocycles. The Labute approximate surface area is 117 Å². The van der Waals surface area contributed by atoms with Gasteiger partial charge in [-0.1, -0.05) is 0 Å². The van der Waals surface area contributed by atoms with E-state index >= 15 is 0 Å². The number of amidine groups is 1. The second-order valence-electron chi connectivity index (χ2n) is 3.89. The number of nitrogens with one attached hydrogen (secondary N) is 1. The highest BCUT2D eigenvalue weighted by atomic mass is 19.4. The summed E-state index contributed by atoms with van der Waals surface area (Å²) in [6, 6.07) is 7.97. The first kappa shape index (κ1) is 14.6. The Morgan fingerprint density at radius 1 is 1.10 bits per heavy atom. The summed E-state index contributed by atoms with van der Waals surface area (Å²) in [4.78, 5) is 3.89. The van der Waals surface area contributed by atoms with Gasteiger partial charge < -0.3 is 15.2 Å². The molecular formula is C13H10F3N3O2. The number of nitrogens with zero attached hydrogens (tertiary/aromatic N) is 1. The lowest BCUT2D eigenvalue weighted by molar-refractivity contribution is -0.274. The van der Waals surface area contributed by atoms with Crippen LogP contribution in [0, 0.1) is 5.41 Å². The van der Waals surface area contributed by atoms with E-state index in [0.29, 0.717) is 0 Å². The van der Waals surface area contributed by atoms with Crippen molar-refractivity contribution in [1.82, 2.24) is 4.98 Å². The van der Waals surface area contributed by atoms with Crippen LogP contribution in [-0.2, 0) is 0 Å². The quantitative estimate of drug-likeness (QED) is 0.671. The van der Waals surface area contributed by atoms with Crippen LogP contribution in [0.2, 0.25) is 0 Å². The van der Waals surface area contributed by atoms with Gasteiger partial charge in [-0.25, -0.2) is 4.98 Å². The van der Waals surface area contributed by atoms with E-state index in [4.69, 9.17) is 15.9 Å². The average Bonchev–Trinajstić information content (AvgIpc) is 2.40. The molecule has 0 atom stereocenters. The van der Waals surface area contributed by atoms with Gasteiger partial charge in [0.15, 0.2) is 5.75 Å². The summed E-state index contributed by atoms with van der Waals surface area (Å²) in [6.45, 7) is 0. The smallest absolute Gasteiger partial charge is 0.455 e. The molecular weight excluding hydrogens is 287 g/mol. The molecule has 0 unspecified atom stereocenters. The lowest BCUT2D eigenvalue weighted by Crippen LogP contribution is -2.17. The van der Waals surface area contributed by atoms with Gasteiger partial charge in [-0.3, -0.25) is 5.41 Å². The van der Waals surface area contributed by atoms with Gasteiger partial charge in [0.2, 0.25) is 0 Å². The molecule has 0 aliphatic rings. The van der Waals surface area contributed by atoms with Crippen molar-refractivity contribution < 1.29 is 22.6 Å². The molecule has 1 aromatic carbocycles. The van der Waals surface area contributed by atoms with E-state index in [-0.39, 0.29) is 28.8 Å². The number of aromatic nitrogens is 1.